The van der Waals surface area contributed by atoms with Gasteiger partial charge in [0.15, 0.2) is 5.69 Å². The smallest absolute Gasteiger partial charge is 0.269 e. The van der Waals surface area contributed by atoms with E-state index in [0.29, 0.717) is 30.2 Å². The Morgan fingerprint density at radius 3 is 2.42 bits per heavy atom. The number of carbonyl (C=O) groups is 2. The fraction of sp³-hybridized carbons (Fsp3) is 0.276. The van der Waals surface area contributed by atoms with E-state index in [9.17, 15) is 9.59 Å². The predicted octanol–water partition coefficient (Wildman–Crippen LogP) is 4.04. The monoisotopic (exact) mass is 512 g/mol. The van der Waals surface area contributed by atoms with Gasteiger partial charge in [-0.15, -0.1) is 0 Å². The molecule has 1 fully saturated rings. The van der Waals surface area contributed by atoms with Gasteiger partial charge in [-0.3, -0.25) is 9.59 Å². The summed E-state index contributed by atoms with van der Waals surface area (Å²) in [7, 11) is 3.94. The van der Waals surface area contributed by atoms with Crippen molar-refractivity contribution in [1.82, 2.24) is 24.4 Å². The summed E-state index contributed by atoms with van der Waals surface area (Å²) in [4.78, 5) is 32.3. The highest BCUT2D eigenvalue weighted by Crippen LogP contribution is 2.34. The minimum atomic E-state index is -0.560. The van der Waals surface area contributed by atoms with Crippen LogP contribution in [0.3, 0.4) is 0 Å². The zero-order valence-electron chi connectivity index (χ0n) is 21.6. The summed E-state index contributed by atoms with van der Waals surface area (Å²) < 4.78 is 7.49. The van der Waals surface area contributed by atoms with Crippen molar-refractivity contribution in [2.24, 2.45) is 5.73 Å². The number of carbonyl (C=O) groups excluding carboxylic acids is 2. The highest BCUT2D eigenvalue weighted by atomic mass is 16.5. The SMILES string of the molecule is CN(C)CC=CC(=O)N1CCC(c2cnn3c(C(N)=O)c(-c4ccc(Oc5ccccc5)cc4)[nH]c23)CC1. The Hall–Kier alpha value is -4.37. The normalized spacial score (nSPS) is 14.6. The van der Waals surface area contributed by atoms with E-state index in [0.717, 1.165) is 41.9 Å². The van der Waals surface area contributed by atoms with Crippen molar-refractivity contribution in [3.05, 3.63) is 84.2 Å². The fourth-order valence-corrected chi connectivity index (χ4v) is 4.87. The molecule has 1 saturated heterocycles. The summed E-state index contributed by atoms with van der Waals surface area (Å²) in [6.07, 6.45) is 6.99. The Labute approximate surface area is 221 Å². The molecule has 2 aromatic heterocycles. The lowest BCUT2D eigenvalue weighted by Gasteiger charge is -2.31. The maximum Gasteiger partial charge on any atom is 0.269 e. The second kappa shape index (κ2) is 10.9. The molecule has 9 heteroatoms. The fourth-order valence-electron chi connectivity index (χ4n) is 4.87. The molecule has 0 spiro atoms. The minimum Gasteiger partial charge on any atom is -0.457 e. The average Bonchev–Trinajstić information content (AvgIpc) is 3.49. The lowest BCUT2D eigenvalue weighted by molar-refractivity contribution is -0.127. The molecule has 2 aromatic carbocycles. The zero-order valence-corrected chi connectivity index (χ0v) is 21.6. The van der Waals surface area contributed by atoms with Crippen molar-refractivity contribution in [2.45, 2.75) is 18.8 Å². The van der Waals surface area contributed by atoms with Crippen LogP contribution < -0.4 is 10.5 Å². The number of para-hydroxylation sites is 1. The lowest BCUT2D eigenvalue weighted by Crippen LogP contribution is -2.37. The van der Waals surface area contributed by atoms with Gasteiger partial charge in [0.1, 0.15) is 17.1 Å². The Bertz CT molecular complexity index is 1440. The number of rotatable bonds is 8. The van der Waals surface area contributed by atoms with Gasteiger partial charge in [0.05, 0.1) is 11.9 Å². The number of benzene rings is 2. The number of imidazole rings is 1. The van der Waals surface area contributed by atoms with Crippen LogP contribution in [0.4, 0.5) is 0 Å². The maximum atomic E-state index is 12.5. The molecule has 1 aliphatic rings. The highest BCUT2D eigenvalue weighted by Gasteiger charge is 2.28. The number of likely N-dealkylation sites (tertiary alicyclic amines) is 1. The van der Waals surface area contributed by atoms with Crippen molar-refractivity contribution in [3.8, 4) is 22.8 Å². The molecule has 0 unspecified atom stereocenters. The first kappa shape index (κ1) is 25.3. The van der Waals surface area contributed by atoms with Crippen LogP contribution in [-0.4, -0.2) is 69.9 Å². The van der Waals surface area contributed by atoms with Crippen molar-refractivity contribution < 1.29 is 14.3 Å². The van der Waals surface area contributed by atoms with Crippen molar-refractivity contribution >= 4 is 17.5 Å². The number of fused-ring (bicyclic) bond motifs is 1. The third-order valence-corrected chi connectivity index (χ3v) is 6.82. The zero-order chi connectivity index (χ0) is 26.6. The van der Waals surface area contributed by atoms with E-state index in [1.807, 2.05) is 84.6 Å². The first-order valence-corrected chi connectivity index (χ1v) is 12.7. The van der Waals surface area contributed by atoms with Crippen molar-refractivity contribution in [2.75, 3.05) is 33.7 Å². The van der Waals surface area contributed by atoms with E-state index < -0.39 is 5.91 Å². The van der Waals surface area contributed by atoms with E-state index in [4.69, 9.17) is 10.5 Å². The standard InChI is InChI=1S/C29H32N6O3/c1-33(2)16-6-9-25(36)34-17-14-20(15-18-34)24-19-31-35-27(28(30)37)26(32-29(24)35)21-10-12-23(13-11-21)38-22-7-4-3-5-8-22/h3-13,19-20,32H,14-18H2,1-2H3,(H2,30,37). The number of hydrogen-bond acceptors (Lipinski definition) is 5. The molecule has 4 aromatic rings. The Kier molecular flexibility index (Phi) is 7.28. The molecular formula is C29H32N6O3. The van der Waals surface area contributed by atoms with E-state index in [1.54, 1.807) is 16.8 Å². The van der Waals surface area contributed by atoms with Gasteiger partial charge in [-0.05, 0) is 69.3 Å². The van der Waals surface area contributed by atoms with E-state index in [-0.39, 0.29) is 11.8 Å². The van der Waals surface area contributed by atoms with Crippen LogP contribution >= 0.6 is 0 Å². The third kappa shape index (κ3) is 5.33. The summed E-state index contributed by atoms with van der Waals surface area (Å²) in [5.74, 6) is 1.14. The number of nitrogens with one attached hydrogen (secondary N) is 1. The van der Waals surface area contributed by atoms with Crippen LogP contribution in [0.25, 0.3) is 16.9 Å². The molecule has 0 saturated carbocycles. The first-order valence-electron chi connectivity index (χ1n) is 12.7. The molecule has 0 aliphatic carbocycles. The summed E-state index contributed by atoms with van der Waals surface area (Å²) in [6.45, 7) is 2.08. The predicted molar refractivity (Wildman–Crippen MR) is 146 cm³/mol. The Morgan fingerprint density at radius 1 is 1.08 bits per heavy atom. The molecule has 3 heterocycles. The molecule has 9 nitrogen and oxygen atoms in total. The molecule has 1 aliphatic heterocycles. The Balaban J connectivity index is 1.34. The summed E-state index contributed by atoms with van der Waals surface area (Å²) in [6, 6.07) is 17.1. The molecule has 0 bridgehead atoms. The largest absolute Gasteiger partial charge is 0.457 e. The Morgan fingerprint density at radius 2 is 1.76 bits per heavy atom. The second-order valence-corrected chi connectivity index (χ2v) is 9.78. The van der Waals surface area contributed by atoms with E-state index >= 15 is 0 Å². The number of primary amides is 1. The van der Waals surface area contributed by atoms with Crippen LogP contribution in [0.5, 0.6) is 11.5 Å². The number of nitrogens with zero attached hydrogens (tertiary/aromatic N) is 4. The third-order valence-electron chi connectivity index (χ3n) is 6.82. The van der Waals surface area contributed by atoms with Gasteiger partial charge in [0, 0.05) is 36.8 Å². The molecule has 5 rings (SSSR count). The second-order valence-electron chi connectivity index (χ2n) is 9.78. The number of aromatic amines is 1. The molecule has 0 atom stereocenters. The molecular weight excluding hydrogens is 480 g/mol. The van der Waals surface area contributed by atoms with E-state index in [2.05, 4.69) is 10.1 Å². The number of hydrogen-bond donors (Lipinski definition) is 2. The molecule has 0 radical (unpaired) electrons. The average molecular weight is 513 g/mol. The number of ether oxygens (including phenoxy) is 1. The van der Waals surface area contributed by atoms with Crippen LogP contribution in [-0.2, 0) is 4.79 Å². The number of amides is 2. The van der Waals surface area contributed by atoms with Crippen LogP contribution in [0.1, 0.15) is 34.8 Å². The quantitative estimate of drug-likeness (QED) is 0.346. The van der Waals surface area contributed by atoms with Gasteiger partial charge in [0.25, 0.3) is 5.91 Å². The van der Waals surface area contributed by atoms with Gasteiger partial charge >= 0.3 is 0 Å². The number of likely N-dealkylation sites (N-methyl/N-ethyl adjacent to an activating group) is 1. The van der Waals surface area contributed by atoms with Crippen LogP contribution in [0.15, 0.2) is 72.9 Å². The number of H-pyrrole nitrogens is 1. The van der Waals surface area contributed by atoms with Gasteiger partial charge in [0.2, 0.25) is 5.91 Å². The molecule has 38 heavy (non-hydrogen) atoms. The van der Waals surface area contributed by atoms with Gasteiger partial charge in [-0.25, -0.2) is 4.52 Å². The topological polar surface area (TPSA) is 109 Å². The van der Waals surface area contributed by atoms with Crippen molar-refractivity contribution in [1.29, 1.82) is 0 Å². The summed E-state index contributed by atoms with van der Waals surface area (Å²) in [5.41, 5.74) is 9.31. The van der Waals surface area contributed by atoms with Crippen molar-refractivity contribution in [3.63, 3.8) is 0 Å². The minimum absolute atomic E-state index is 0.0447. The number of aromatic nitrogens is 3. The molecule has 3 N–H and O–H groups in total. The highest BCUT2D eigenvalue weighted by molar-refractivity contribution is 5.98. The maximum absolute atomic E-state index is 12.5. The molecule has 196 valence electrons. The van der Waals surface area contributed by atoms with E-state index in [1.165, 1.54) is 0 Å². The number of piperidine rings is 1. The summed E-state index contributed by atoms with van der Waals surface area (Å²) in [5, 5.41) is 4.51. The van der Waals surface area contributed by atoms with Gasteiger partial charge < -0.3 is 25.3 Å². The number of nitrogens with two attached hydrogens (primary N) is 1. The van der Waals surface area contributed by atoms with Crippen LogP contribution in [0.2, 0.25) is 0 Å². The van der Waals surface area contributed by atoms with Gasteiger partial charge in [-0.1, -0.05) is 24.3 Å². The van der Waals surface area contributed by atoms with Crippen LogP contribution in [0, 0.1) is 0 Å². The molecule has 2 amide bonds. The first-order chi connectivity index (χ1) is 18.4. The van der Waals surface area contributed by atoms with Gasteiger partial charge in [-0.2, -0.15) is 5.10 Å². The lowest BCUT2D eigenvalue weighted by atomic mass is 9.91. The summed E-state index contributed by atoms with van der Waals surface area (Å²) >= 11 is 0.